The molecule has 1 aromatic heterocycles. The maximum absolute atomic E-state index is 11.1. The number of hydrogen-bond acceptors (Lipinski definition) is 3. The lowest BCUT2D eigenvalue weighted by atomic mass is 10.2. The third kappa shape index (κ3) is 2.87. The zero-order valence-corrected chi connectivity index (χ0v) is 12.4. The number of rotatable bonds is 3. The summed E-state index contributed by atoms with van der Waals surface area (Å²) in [6, 6.07) is 14.0. The van der Waals surface area contributed by atoms with Gasteiger partial charge in [0.1, 0.15) is 11.5 Å². The van der Waals surface area contributed by atoms with Crippen molar-refractivity contribution >= 4 is 32.8 Å². The van der Waals surface area contributed by atoms with Gasteiger partial charge in [0.25, 0.3) is 0 Å². The van der Waals surface area contributed by atoms with Gasteiger partial charge in [-0.2, -0.15) is 0 Å². The molecule has 0 radical (unpaired) electrons. The second-order valence-electron chi connectivity index (χ2n) is 4.41. The van der Waals surface area contributed by atoms with Crippen LogP contribution in [0.5, 0.6) is 11.5 Å². The smallest absolute Gasteiger partial charge is 0.335 e. The first-order valence-electron chi connectivity index (χ1n) is 6.19. The Labute approximate surface area is 129 Å². The summed E-state index contributed by atoms with van der Waals surface area (Å²) in [4.78, 5) is 15.3. The molecule has 1 N–H and O–H groups in total. The van der Waals surface area contributed by atoms with Gasteiger partial charge >= 0.3 is 5.97 Å². The molecular weight excluding hydrogens is 334 g/mol. The first-order chi connectivity index (χ1) is 10.1. The summed E-state index contributed by atoms with van der Waals surface area (Å²) in [5, 5.41) is 9.96. The molecule has 0 aliphatic rings. The molecule has 0 bridgehead atoms. The van der Waals surface area contributed by atoms with Crippen molar-refractivity contribution in [3.63, 3.8) is 0 Å². The summed E-state index contributed by atoms with van der Waals surface area (Å²) < 4.78 is 6.48. The van der Waals surface area contributed by atoms with Crippen LogP contribution in [-0.4, -0.2) is 16.1 Å². The highest BCUT2D eigenvalue weighted by molar-refractivity contribution is 9.10. The monoisotopic (exact) mass is 343 g/mol. The number of benzene rings is 2. The SMILES string of the molecule is O=C(O)c1cc(Br)cc(Oc2cccc3ncccc23)c1. The van der Waals surface area contributed by atoms with Crippen molar-refractivity contribution in [3.8, 4) is 11.5 Å². The molecule has 3 aromatic rings. The van der Waals surface area contributed by atoms with Gasteiger partial charge in [-0.25, -0.2) is 4.79 Å². The van der Waals surface area contributed by atoms with Crippen LogP contribution >= 0.6 is 15.9 Å². The molecule has 0 unspecified atom stereocenters. The van der Waals surface area contributed by atoms with Gasteiger partial charge in [0.2, 0.25) is 0 Å². The van der Waals surface area contributed by atoms with Crippen LogP contribution in [0.25, 0.3) is 10.9 Å². The maximum atomic E-state index is 11.1. The first-order valence-corrected chi connectivity index (χ1v) is 6.98. The minimum atomic E-state index is -0.999. The fraction of sp³-hybridized carbons (Fsp3) is 0. The Kier molecular flexibility index (Phi) is 3.58. The van der Waals surface area contributed by atoms with Crippen molar-refractivity contribution in [2.45, 2.75) is 0 Å². The van der Waals surface area contributed by atoms with E-state index in [0.29, 0.717) is 16.0 Å². The number of carboxylic acids is 1. The fourth-order valence-corrected chi connectivity index (χ4v) is 2.51. The molecule has 2 aromatic carbocycles. The van der Waals surface area contributed by atoms with E-state index < -0.39 is 5.97 Å². The average Bonchev–Trinajstić information content (AvgIpc) is 2.47. The standard InChI is InChI=1S/C16H10BrNO3/c17-11-7-10(16(19)20)8-12(9-11)21-15-5-1-4-14-13(15)3-2-6-18-14/h1-9H,(H,19,20). The molecule has 0 spiro atoms. The van der Waals surface area contributed by atoms with E-state index in [1.807, 2.05) is 30.3 Å². The van der Waals surface area contributed by atoms with Crippen LogP contribution in [0.4, 0.5) is 0 Å². The van der Waals surface area contributed by atoms with Crippen LogP contribution < -0.4 is 4.74 Å². The number of pyridine rings is 1. The Morgan fingerprint density at radius 1 is 1.14 bits per heavy atom. The van der Waals surface area contributed by atoms with E-state index >= 15 is 0 Å². The van der Waals surface area contributed by atoms with E-state index in [0.717, 1.165) is 10.9 Å². The second kappa shape index (κ2) is 5.54. The number of aromatic carboxylic acids is 1. The molecule has 0 saturated heterocycles. The minimum Gasteiger partial charge on any atom is -0.478 e. The van der Waals surface area contributed by atoms with E-state index in [9.17, 15) is 4.79 Å². The van der Waals surface area contributed by atoms with Gasteiger partial charge in [-0.15, -0.1) is 0 Å². The number of halogens is 1. The summed E-state index contributed by atoms with van der Waals surface area (Å²) in [6.45, 7) is 0. The number of aromatic nitrogens is 1. The lowest BCUT2D eigenvalue weighted by Gasteiger charge is -2.09. The molecule has 3 rings (SSSR count). The molecule has 0 saturated carbocycles. The van der Waals surface area contributed by atoms with E-state index in [1.54, 1.807) is 12.3 Å². The zero-order chi connectivity index (χ0) is 14.8. The Hall–Kier alpha value is -2.40. The largest absolute Gasteiger partial charge is 0.478 e. The number of carboxylic acid groups (broad SMARTS) is 1. The fourth-order valence-electron chi connectivity index (χ4n) is 2.04. The maximum Gasteiger partial charge on any atom is 0.335 e. The summed E-state index contributed by atoms with van der Waals surface area (Å²) in [5.41, 5.74) is 0.987. The topological polar surface area (TPSA) is 59.4 Å². The quantitative estimate of drug-likeness (QED) is 0.761. The molecule has 4 nitrogen and oxygen atoms in total. The van der Waals surface area contributed by atoms with Crippen LogP contribution in [0.1, 0.15) is 10.4 Å². The summed E-state index contributed by atoms with van der Waals surface area (Å²) in [6.07, 6.45) is 1.72. The van der Waals surface area contributed by atoms with Crippen molar-refractivity contribution in [1.29, 1.82) is 0 Å². The summed E-state index contributed by atoms with van der Waals surface area (Å²) in [5.74, 6) is 0.0916. The molecule has 0 amide bonds. The normalized spacial score (nSPS) is 10.5. The van der Waals surface area contributed by atoms with Gasteiger partial charge in [0, 0.05) is 16.1 Å². The third-order valence-electron chi connectivity index (χ3n) is 2.95. The van der Waals surface area contributed by atoms with Gasteiger partial charge in [-0.05, 0) is 42.5 Å². The van der Waals surface area contributed by atoms with Crippen LogP contribution in [-0.2, 0) is 0 Å². The molecule has 0 aliphatic carbocycles. The van der Waals surface area contributed by atoms with E-state index in [2.05, 4.69) is 20.9 Å². The first kappa shape index (κ1) is 13.6. The minimum absolute atomic E-state index is 0.165. The number of nitrogens with zero attached hydrogens (tertiary/aromatic N) is 1. The molecule has 21 heavy (non-hydrogen) atoms. The van der Waals surface area contributed by atoms with Gasteiger partial charge in [-0.3, -0.25) is 4.98 Å². The zero-order valence-electron chi connectivity index (χ0n) is 10.8. The van der Waals surface area contributed by atoms with Crippen LogP contribution in [0, 0.1) is 0 Å². The highest BCUT2D eigenvalue weighted by atomic mass is 79.9. The Bertz CT molecular complexity index is 827. The van der Waals surface area contributed by atoms with Crippen molar-refractivity contribution < 1.29 is 14.6 Å². The molecule has 0 fully saturated rings. The van der Waals surface area contributed by atoms with Crippen LogP contribution in [0.15, 0.2) is 59.2 Å². The van der Waals surface area contributed by atoms with Crippen LogP contribution in [0.3, 0.4) is 0 Å². The van der Waals surface area contributed by atoms with E-state index in [4.69, 9.17) is 9.84 Å². The molecular formula is C16H10BrNO3. The van der Waals surface area contributed by atoms with Gasteiger partial charge < -0.3 is 9.84 Å². The van der Waals surface area contributed by atoms with Crippen LogP contribution in [0.2, 0.25) is 0 Å². The average molecular weight is 344 g/mol. The number of fused-ring (bicyclic) bond motifs is 1. The van der Waals surface area contributed by atoms with Gasteiger partial charge in [0.05, 0.1) is 11.1 Å². The van der Waals surface area contributed by atoms with Gasteiger partial charge in [-0.1, -0.05) is 22.0 Å². The van der Waals surface area contributed by atoms with Crippen molar-refractivity contribution in [2.24, 2.45) is 0 Å². The third-order valence-corrected chi connectivity index (χ3v) is 3.41. The van der Waals surface area contributed by atoms with Crippen molar-refractivity contribution in [1.82, 2.24) is 4.98 Å². The summed E-state index contributed by atoms with van der Waals surface area (Å²) in [7, 11) is 0. The molecule has 1 heterocycles. The van der Waals surface area contributed by atoms with Crippen molar-refractivity contribution in [2.75, 3.05) is 0 Å². The molecule has 0 aliphatic heterocycles. The predicted octanol–water partition coefficient (Wildman–Crippen LogP) is 4.49. The molecule has 0 atom stereocenters. The van der Waals surface area contributed by atoms with Crippen molar-refractivity contribution in [3.05, 3.63) is 64.8 Å². The molecule has 104 valence electrons. The van der Waals surface area contributed by atoms with E-state index in [1.165, 1.54) is 12.1 Å². The predicted molar refractivity (Wildman–Crippen MR) is 82.9 cm³/mol. The molecule has 5 heteroatoms. The lowest BCUT2D eigenvalue weighted by molar-refractivity contribution is 0.0696. The number of ether oxygens (including phenoxy) is 1. The summed E-state index contributed by atoms with van der Waals surface area (Å²) >= 11 is 3.29. The Morgan fingerprint density at radius 3 is 2.81 bits per heavy atom. The second-order valence-corrected chi connectivity index (χ2v) is 5.32. The highest BCUT2D eigenvalue weighted by Gasteiger charge is 2.09. The number of carbonyl (C=O) groups is 1. The lowest BCUT2D eigenvalue weighted by Crippen LogP contribution is -1.97. The van der Waals surface area contributed by atoms with E-state index in [-0.39, 0.29) is 5.56 Å². The number of hydrogen-bond donors (Lipinski definition) is 1. The highest BCUT2D eigenvalue weighted by Crippen LogP contribution is 2.31. The Balaban J connectivity index is 2.05. The Morgan fingerprint density at radius 2 is 2.00 bits per heavy atom. The van der Waals surface area contributed by atoms with Gasteiger partial charge in [0.15, 0.2) is 0 Å².